The number of nitrogens with zero attached hydrogens (tertiary/aromatic N) is 2. The first kappa shape index (κ1) is 18.9. The van der Waals surface area contributed by atoms with Crippen LogP contribution in [0.1, 0.15) is 30.0 Å². The van der Waals surface area contributed by atoms with Crippen LogP contribution in [0.25, 0.3) is 0 Å². The number of esters is 1. The van der Waals surface area contributed by atoms with E-state index in [0.717, 1.165) is 30.6 Å². The summed E-state index contributed by atoms with van der Waals surface area (Å²) >= 11 is 0. The predicted molar refractivity (Wildman–Crippen MR) is 102 cm³/mol. The van der Waals surface area contributed by atoms with Gasteiger partial charge >= 0.3 is 5.97 Å². The minimum absolute atomic E-state index is 0.0201. The monoisotopic (exact) mass is 338 g/mol. The third-order valence-corrected chi connectivity index (χ3v) is 4.14. The molecule has 0 aliphatic heterocycles. The molecule has 0 radical (unpaired) electrons. The predicted octanol–water partition coefficient (Wildman–Crippen LogP) is 3.73. The quantitative estimate of drug-likeness (QED) is 0.397. The molecule has 0 bridgehead atoms. The van der Waals surface area contributed by atoms with Crippen LogP contribution in [-0.2, 0) is 9.53 Å². The molecule has 0 heterocycles. The Morgan fingerprint density at radius 3 is 2.40 bits per heavy atom. The zero-order valence-corrected chi connectivity index (χ0v) is 15.0. The summed E-state index contributed by atoms with van der Waals surface area (Å²) in [4.78, 5) is 18.4. The Labute approximate surface area is 150 Å². The number of carbonyl (C=O) groups is 1. The molecule has 1 unspecified atom stereocenters. The van der Waals surface area contributed by atoms with Crippen molar-refractivity contribution in [2.45, 2.75) is 18.9 Å². The number of hydrogen-bond acceptors (Lipinski definition) is 4. The van der Waals surface area contributed by atoms with Crippen molar-refractivity contribution in [3.05, 3.63) is 71.8 Å². The van der Waals surface area contributed by atoms with Crippen LogP contribution >= 0.6 is 0 Å². The fraction of sp³-hybridized carbons (Fsp3) is 0.333. The largest absolute Gasteiger partial charge is 0.469 e. The minimum atomic E-state index is -0.192. The minimum Gasteiger partial charge on any atom is -0.469 e. The van der Waals surface area contributed by atoms with E-state index in [4.69, 9.17) is 4.74 Å². The fourth-order valence-corrected chi connectivity index (χ4v) is 2.72. The second kappa shape index (κ2) is 10.4. The molecule has 0 fully saturated rings. The molecular weight excluding hydrogens is 312 g/mol. The topological polar surface area (TPSA) is 41.9 Å². The molecule has 2 aromatic rings. The highest BCUT2D eigenvalue weighted by Gasteiger charge is 2.20. The van der Waals surface area contributed by atoms with E-state index in [-0.39, 0.29) is 12.0 Å². The van der Waals surface area contributed by atoms with Crippen LogP contribution in [0, 0.1) is 0 Å². The summed E-state index contributed by atoms with van der Waals surface area (Å²) in [5, 5.41) is 0. The lowest BCUT2D eigenvalue weighted by atomic mass is 10.0. The first-order valence-corrected chi connectivity index (χ1v) is 8.57. The van der Waals surface area contributed by atoms with Gasteiger partial charge in [0.25, 0.3) is 0 Å². The van der Waals surface area contributed by atoms with Crippen molar-refractivity contribution in [2.75, 3.05) is 27.2 Å². The Kier molecular flexibility index (Phi) is 7.86. The third kappa shape index (κ3) is 6.51. The lowest BCUT2D eigenvalue weighted by Gasteiger charge is -2.27. The smallest absolute Gasteiger partial charge is 0.307 e. The Hall–Kier alpha value is -2.46. The van der Waals surface area contributed by atoms with Crippen LogP contribution in [0.3, 0.4) is 0 Å². The van der Waals surface area contributed by atoms with Gasteiger partial charge in [-0.15, -0.1) is 0 Å². The van der Waals surface area contributed by atoms with E-state index >= 15 is 0 Å². The first-order valence-electron chi connectivity index (χ1n) is 8.57. The van der Waals surface area contributed by atoms with Gasteiger partial charge in [0.05, 0.1) is 13.5 Å². The molecule has 0 aliphatic rings. The summed E-state index contributed by atoms with van der Waals surface area (Å²) in [5.41, 5.74) is 2.24. The molecule has 0 amide bonds. The summed E-state index contributed by atoms with van der Waals surface area (Å²) in [6.07, 6.45) is 3.19. The molecule has 0 spiro atoms. The molecule has 0 aliphatic carbocycles. The van der Waals surface area contributed by atoms with Crippen molar-refractivity contribution in [3.8, 4) is 0 Å². The average molecular weight is 338 g/mol. The number of methoxy groups -OCH3 is 1. The van der Waals surface area contributed by atoms with E-state index in [1.54, 1.807) is 0 Å². The molecule has 0 N–H and O–H groups in total. The van der Waals surface area contributed by atoms with Gasteiger partial charge < -0.3 is 4.74 Å². The van der Waals surface area contributed by atoms with E-state index in [1.807, 2.05) is 61.8 Å². The third-order valence-electron chi connectivity index (χ3n) is 4.14. The normalized spacial score (nSPS) is 12.4. The Morgan fingerprint density at radius 1 is 1.12 bits per heavy atom. The highest BCUT2D eigenvalue weighted by atomic mass is 16.5. The SMILES string of the molecule is COC(=O)CC(c1ccccc1)N(C)CCCN=Cc1ccccc1. The van der Waals surface area contributed by atoms with Crippen molar-refractivity contribution in [1.29, 1.82) is 0 Å². The van der Waals surface area contributed by atoms with Gasteiger partial charge in [0.2, 0.25) is 0 Å². The van der Waals surface area contributed by atoms with Crippen molar-refractivity contribution < 1.29 is 9.53 Å². The zero-order valence-electron chi connectivity index (χ0n) is 15.0. The van der Waals surface area contributed by atoms with Gasteiger partial charge in [-0.05, 0) is 24.6 Å². The van der Waals surface area contributed by atoms with Crippen LogP contribution in [-0.4, -0.2) is 44.3 Å². The first-order chi connectivity index (χ1) is 12.2. The Bertz CT molecular complexity index is 656. The van der Waals surface area contributed by atoms with E-state index in [9.17, 15) is 4.79 Å². The standard InChI is InChI=1S/C21H26N2O2/c1-23(15-9-14-22-17-18-10-5-3-6-11-18)20(16-21(24)25-2)19-12-7-4-8-13-19/h3-8,10-13,17,20H,9,14-16H2,1-2H3. The summed E-state index contributed by atoms with van der Waals surface area (Å²) in [5.74, 6) is -0.192. The number of aliphatic imine (C=N–C) groups is 1. The molecule has 4 nitrogen and oxygen atoms in total. The van der Waals surface area contributed by atoms with Gasteiger partial charge in [-0.25, -0.2) is 0 Å². The summed E-state index contributed by atoms with van der Waals surface area (Å²) in [6.45, 7) is 1.63. The summed E-state index contributed by atoms with van der Waals surface area (Å²) in [6, 6.07) is 20.2. The van der Waals surface area contributed by atoms with Gasteiger partial charge in [-0.2, -0.15) is 0 Å². The molecular formula is C21H26N2O2. The molecule has 2 aromatic carbocycles. The van der Waals surface area contributed by atoms with Crippen molar-refractivity contribution in [1.82, 2.24) is 4.90 Å². The van der Waals surface area contributed by atoms with E-state index in [0.29, 0.717) is 6.42 Å². The van der Waals surface area contributed by atoms with Crippen LogP contribution in [0.5, 0.6) is 0 Å². The van der Waals surface area contributed by atoms with Gasteiger partial charge in [-0.3, -0.25) is 14.7 Å². The van der Waals surface area contributed by atoms with Gasteiger partial charge in [0.1, 0.15) is 0 Å². The highest BCUT2D eigenvalue weighted by Crippen LogP contribution is 2.23. The van der Waals surface area contributed by atoms with E-state index in [2.05, 4.69) is 22.0 Å². The molecule has 25 heavy (non-hydrogen) atoms. The molecule has 0 aromatic heterocycles. The number of benzene rings is 2. The molecule has 0 saturated carbocycles. The zero-order chi connectivity index (χ0) is 17.9. The second-order valence-corrected chi connectivity index (χ2v) is 5.99. The number of ether oxygens (including phenoxy) is 1. The van der Waals surface area contributed by atoms with Crippen LogP contribution < -0.4 is 0 Å². The maximum atomic E-state index is 11.8. The maximum Gasteiger partial charge on any atom is 0.307 e. The van der Waals surface area contributed by atoms with Gasteiger partial charge in [0, 0.05) is 25.3 Å². The lowest BCUT2D eigenvalue weighted by Crippen LogP contribution is -2.28. The van der Waals surface area contributed by atoms with Crippen molar-refractivity contribution >= 4 is 12.2 Å². The second-order valence-electron chi connectivity index (χ2n) is 5.99. The summed E-state index contributed by atoms with van der Waals surface area (Å²) in [7, 11) is 3.48. The Morgan fingerprint density at radius 2 is 1.76 bits per heavy atom. The maximum absolute atomic E-state index is 11.8. The summed E-state index contributed by atoms with van der Waals surface area (Å²) < 4.78 is 4.86. The van der Waals surface area contributed by atoms with Gasteiger partial charge in [-0.1, -0.05) is 60.7 Å². The van der Waals surface area contributed by atoms with Crippen molar-refractivity contribution in [3.63, 3.8) is 0 Å². The van der Waals surface area contributed by atoms with Gasteiger partial charge in [0.15, 0.2) is 0 Å². The van der Waals surface area contributed by atoms with Crippen LogP contribution in [0.4, 0.5) is 0 Å². The van der Waals surface area contributed by atoms with Crippen LogP contribution in [0.15, 0.2) is 65.7 Å². The average Bonchev–Trinajstić information content (AvgIpc) is 2.67. The lowest BCUT2D eigenvalue weighted by molar-refractivity contribution is -0.142. The van der Waals surface area contributed by atoms with E-state index in [1.165, 1.54) is 7.11 Å². The molecule has 132 valence electrons. The molecule has 0 saturated heterocycles. The highest BCUT2D eigenvalue weighted by molar-refractivity contribution is 5.79. The Balaban J connectivity index is 1.87. The molecule has 1 atom stereocenters. The number of rotatable bonds is 9. The van der Waals surface area contributed by atoms with Crippen molar-refractivity contribution in [2.24, 2.45) is 4.99 Å². The van der Waals surface area contributed by atoms with Crippen LogP contribution in [0.2, 0.25) is 0 Å². The number of hydrogen-bond donors (Lipinski definition) is 0. The molecule has 2 rings (SSSR count). The number of carbonyl (C=O) groups excluding carboxylic acids is 1. The fourth-order valence-electron chi connectivity index (χ4n) is 2.72. The molecule has 4 heteroatoms. The van der Waals surface area contributed by atoms with E-state index < -0.39 is 0 Å².